The number of alkyl halides is 3. The van der Waals surface area contributed by atoms with Gasteiger partial charge in [0.25, 0.3) is 0 Å². The van der Waals surface area contributed by atoms with Crippen LogP contribution in [0.25, 0.3) is 10.9 Å². The molecule has 0 bridgehead atoms. The average Bonchev–Trinajstić information content (AvgIpc) is 3.28. The fourth-order valence-corrected chi connectivity index (χ4v) is 3.63. The van der Waals surface area contributed by atoms with Crippen molar-refractivity contribution in [3.8, 4) is 11.9 Å². The van der Waals surface area contributed by atoms with Crippen LogP contribution in [-0.2, 0) is 11.3 Å². The molecule has 4 rings (SSSR count). The lowest BCUT2D eigenvalue weighted by atomic mass is 9.92. The van der Waals surface area contributed by atoms with E-state index in [4.69, 9.17) is 19.9 Å². The number of benzene rings is 1. The second-order valence-electron chi connectivity index (χ2n) is 7.63. The van der Waals surface area contributed by atoms with Gasteiger partial charge in [-0.05, 0) is 49.4 Å². The zero-order valence-corrected chi connectivity index (χ0v) is 17.6. The summed E-state index contributed by atoms with van der Waals surface area (Å²) in [6.07, 6.45) is 2.93. The monoisotopic (exact) mass is 460 g/mol. The Morgan fingerprint density at radius 1 is 1.21 bits per heavy atom. The molecule has 3 aromatic rings. The quantitative estimate of drug-likeness (QED) is 0.515. The Hall–Kier alpha value is -3.58. The Morgan fingerprint density at radius 2 is 1.94 bits per heavy atom. The largest absolute Gasteiger partial charge is 0.490 e. The third-order valence-electron chi connectivity index (χ3n) is 5.34. The van der Waals surface area contributed by atoms with Crippen LogP contribution >= 0.6 is 0 Å². The van der Waals surface area contributed by atoms with Crippen LogP contribution < -0.4 is 10.1 Å². The first kappa shape index (κ1) is 24.1. The third kappa shape index (κ3) is 6.95. The van der Waals surface area contributed by atoms with Crippen LogP contribution in [0.2, 0.25) is 0 Å². The smallest absolute Gasteiger partial charge is 0.475 e. The second kappa shape index (κ2) is 10.8. The summed E-state index contributed by atoms with van der Waals surface area (Å²) < 4.78 is 37.7. The average molecular weight is 460 g/mol. The molecule has 0 atom stereocenters. The molecule has 1 fully saturated rings. The summed E-state index contributed by atoms with van der Waals surface area (Å²) in [6.45, 7) is 0.891. The van der Waals surface area contributed by atoms with Gasteiger partial charge in [-0.3, -0.25) is 0 Å². The van der Waals surface area contributed by atoms with E-state index in [0.717, 1.165) is 32.2 Å². The Labute approximate surface area is 188 Å². The number of aliphatic carboxylic acids is 1. The number of carboxylic acids is 1. The van der Waals surface area contributed by atoms with E-state index in [1.165, 1.54) is 16.5 Å². The lowest BCUT2D eigenvalue weighted by Gasteiger charge is -2.29. The summed E-state index contributed by atoms with van der Waals surface area (Å²) in [5, 5.41) is 20.9. The number of fused-ring (bicyclic) bond motifs is 1. The Balaban J connectivity index is 0.000000383. The minimum atomic E-state index is -5.08. The molecule has 0 unspecified atom stereocenters. The van der Waals surface area contributed by atoms with Crippen molar-refractivity contribution in [2.45, 2.75) is 50.6 Å². The minimum Gasteiger partial charge on any atom is -0.475 e. The van der Waals surface area contributed by atoms with Crippen molar-refractivity contribution in [1.29, 1.82) is 5.26 Å². The minimum absolute atomic E-state index is 0.210. The van der Waals surface area contributed by atoms with Crippen molar-refractivity contribution in [3.63, 3.8) is 0 Å². The van der Waals surface area contributed by atoms with Crippen LogP contribution in [0.5, 0.6) is 5.88 Å². The number of nitrogens with one attached hydrogen (secondary N) is 2. The molecule has 0 aliphatic heterocycles. The molecule has 2 heterocycles. The normalized spacial score (nSPS) is 18.1. The number of aromatic amines is 1. The van der Waals surface area contributed by atoms with Crippen LogP contribution in [0.15, 0.2) is 48.8 Å². The third-order valence-corrected chi connectivity index (χ3v) is 5.34. The van der Waals surface area contributed by atoms with E-state index in [2.05, 4.69) is 45.6 Å². The number of H-pyrrole nitrogens is 1. The van der Waals surface area contributed by atoms with Crippen LogP contribution in [0.1, 0.15) is 36.8 Å². The van der Waals surface area contributed by atoms with Gasteiger partial charge in [0.15, 0.2) is 0 Å². The molecule has 174 valence electrons. The molecular formula is C23H23F3N4O3. The predicted molar refractivity (Wildman–Crippen MR) is 114 cm³/mol. The lowest BCUT2D eigenvalue weighted by molar-refractivity contribution is -0.192. The fraction of sp³-hybridized carbons (Fsp3) is 0.348. The number of hydrogen-bond acceptors (Lipinski definition) is 5. The van der Waals surface area contributed by atoms with Crippen LogP contribution in [-0.4, -0.2) is 39.4 Å². The summed E-state index contributed by atoms with van der Waals surface area (Å²) in [7, 11) is 0. The molecule has 0 radical (unpaired) electrons. The molecule has 0 amide bonds. The Morgan fingerprint density at radius 3 is 2.55 bits per heavy atom. The predicted octanol–water partition coefficient (Wildman–Crippen LogP) is 4.55. The van der Waals surface area contributed by atoms with Crippen LogP contribution in [0.3, 0.4) is 0 Å². The number of carboxylic acid groups (broad SMARTS) is 1. The van der Waals surface area contributed by atoms with Gasteiger partial charge in [0.1, 0.15) is 12.2 Å². The number of hydrogen-bond donors (Lipinski definition) is 3. The maximum atomic E-state index is 10.6. The molecule has 2 aromatic heterocycles. The highest BCUT2D eigenvalue weighted by molar-refractivity contribution is 5.82. The van der Waals surface area contributed by atoms with Crippen molar-refractivity contribution in [2.24, 2.45) is 0 Å². The van der Waals surface area contributed by atoms with E-state index < -0.39 is 12.1 Å². The number of nitrogens with zero attached hydrogens (tertiary/aromatic N) is 2. The number of nitriles is 1. The number of pyridine rings is 1. The molecule has 0 spiro atoms. The van der Waals surface area contributed by atoms with Gasteiger partial charge in [-0.2, -0.15) is 18.4 Å². The number of carbonyl (C=O) groups is 1. The zero-order chi connectivity index (χ0) is 23.8. The van der Waals surface area contributed by atoms with Crippen LogP contribution in [0, 0.1) is 11.3 Å². The molecule has 1 saturated carbocycles. The highest BCUT2D eigenvalue weighted by atomic mass is 19.4. The number of aromatic nitrogens is 2. The van der Waals surface area contributed by atoms with Gasteiger partial charge in [-0.25, -0.2) is 9.78 Å². The summed E-state index contributed by atoms with van der Waals surface area (Å²) >= 11 is 0. The molecule has 3 N–H and O–H groups in total. The van der Waals surface area contributed by atoms with Gasteiger partial charge in [0, 0.05) is 41.9 Å². The van der Waals surface area contributed by atoms with E-state index in [-0.39, 0.29) is 6.10 Å². The van der Waals surface area contributed by atoms with Gasteiger partial charge in [0.2, 0.25) is 5.88 Å². The van der Waals surface area contributed by atoms with E-state index in [9.17, 15) is 13.2 Å². The lowest BCUT2D eigenvalue weighted by Crippen LogP contribution is -2.36. The fourth-order valence-electron chi connectivity index (χ4n) is 3.63. The highest BCUT2D eigenvalue weighted by Crippen LogP contribution is 2.24. The molecular weight excluding hydrogens is 437 g/mol. The van der Waals surface area contributed by atoms with Gasteiger partial charge < -0.3 is 20.1 Å². The van der Waals surface area contributed by atoms with Crippen molar-refractivity contribution < 1.29 is 27.8 Å². The zero-order valence-electron chi connectivity index (χ0n) is 17.6. The first-order valence-electron chi connectivity index (χ1n) is 10.4. The van der Waals surface area contributed by atoms with E-state index >= 15 is 0 Å². The number of ether oxygens (including phenoxy) is 1. The van der Waals surface area contributed by atoms with Gasteiger partial charge >= 0.3 is 12.1 Å². The molecule has 7 nitrogen and oxygen atoms in total. The van der Waals surface area contributed by atoms with E-state index in [0.29, 0.717) is 17.5 Å². The van der Waals surface area contributed by atoms with Crippen molar-refractivity contribution in [2.75, 3.05) is 0 Å². The Kier molecular flexibility index (Phi) is 7.90. The molecule has 1 aliphatic carbocycles. The summed E-state index contributed by atoms with van der Waals surface area (Å²) in [4.78, 5) is 16.4. The second-order valence-corrected chi connectivity index (χ2v) is 7.63. The van der Waals surface area contributed by atoms with Crippen LogP contribution in [0.4, 0.5) is 13.2 Å². The first-order chi connectivity index (χ1) is 15.8. The summed E-state index contributed by atoms with van der Waals surface area (Å²) in [6, 6.07) is 14.7. The van der Waals surface area contributed by atoms with Gasteiger partial charge in [-0.1, -0.05) is 12.1 Å². The van der Waals surface area contributed by atoms with Crippen molar-refractivity contribution in [3.05, 3.63) is 59.9 Å². The van der Waals surface area contributed by atoms with Crippen molar-refractivity contribution in [1.82, 2.24) is 15.3 Å². The number of halogens is 3. The highest BCUT2D eigenvalue weighted by Gasteiger charge is 2.38. The summed E-state index contributed by atoms with van der Waals surface area (Å²) in [5.74, 6) is -2.15. The molecule has 1 aliphatic rings. The van der Waals surface area contributed by atoms with E-state index in [1.807, 2.05) is 6.20 Å². The topological polar surface area (TPSA) is 111 Å². The molecule has 1 aromatic carbocycles. The van der Waals surface area contributed by atoms with Crippen molar-refractivity contribution >= 4 is 16.9 Å². The van der Waals surface area contributed by atoms with E-state index in [1.54, 1.807) is 18.3 Å². The standard InChI is InChI=1S/C21H22N4O.C2HF3O2/c22-12-15-4-9-21(25-13-15)26-18-7-5-17(6-8-18)24-14-16-2-1-3-20-19(16)10-11-23-20;3-2(4,5)1(6)7/h1-4,9-11,13,17-18,23-24H,5-8,14H2;(H,6,7). The number of rotatable bonds is 5. The SMILES string of the molecule is N#Cc1ccc(OC2CCC(NCc3cccc4[nH]ccc34)CC2)nc1.O=C(O)C(F)(F)F. The van der Waals surface area contributed by atoms with Gasteiger partial charge in [0.05, 0.1) is 5.56 Å². The first-order valence-corrected chi connectivity index (χ1v) is 10.4. The molecule has 0 saturated heterocycles. The molecule has 33 heavy (non-hydrogen) atoms. The summed E-state index contributed by atoms with van der Waals surface area (Å²) in [5.41, 5.74) is 3.09. The van der Waals surface area contributed by atoms with Gasteiger partial charge in [-0.15, -0.1) is 0 Å². The maximum Gasteiger partial charge on any atom is 0.490 e. The molecule has 10 heteroatoms. The Bertz CT molecular complexity index is 1100. The maximum absolute atomic E-state index is 10.6.